The van der Waals surface area contributed by atoms with E-state index in [0.29, 0.717) is 24.6 Å². The van der Waals surface area contributed by atoms with Crippen molar-refractivity contribution in [3.8, 4) is 5.75 Å². The van der Waals surface area contributed by atoms with Gasteiger partial charge in [0.05, 0.1) is 26.0 Å². The fourth-order valence-electron chi connectivity index (χ4n) is 5.84. The van der Waals surface area contributed by atoms with Gasteiger partial charge in [-0.15, -0.1) is 0 Å². The Kier molecular flexibility index (Phi) is 5.31. The summed E-state index contributed by atoms with van der Waals surface area (Å²) in [5.41, 5.74) is 0.950. The molecule has 0 bridgehead atoms. The average Bonchev–Trinajstić information content (AvgIpc) is 3.55. The van der Waals surface area contributed by atoms with Crippen molar-refractivity contribution in [3.63, 3.8) is 0 Å². The Morgan fingerprint density at radius 1 is 1.16 bits per heavy atom. The number of oxazole rings is 1. The van der Waals surface area contributed by atoms with Crippen LogP contribution in [0.15, 0.2) is 35.1 Å². The smallest absolute Gasteiger partial charge is 0.321 e. The monoisotopic (exact) mass is 443 g/mol. The molecule has 32 heavy (non-hydrogen) atoms. The number of hydrogen-bond donors (Lipinski definition) is 0. The van der Waals surface area contributed by atoms with Crippen LogP contribution >= 0.6 is 0 Å². The van der Waals surface area contributed by atoms with E-state index in [-0.39, 0.29) is 17.5 Å². The lowest BCUT2D eigenvalue weighted by atomic mass is 9.87. The van der Waals surface area contributed by atoms with Gasteiger partial charge in [-0.25, -0.2) is 14.4 Å². The van der Waals surface area contributed by atoms with Gasteiger partial charge in [0, 0.05) is 18.0 Å². The number of hydrogen-bond acceptors (Lipinski definition) is 7. The molecule has 1 aromatic heterocycles. The molecule has 1 aliphatic carbocycles. The summed E-state index contributed by atoms with van der Waals surface area (Å²) < 4.78 is 31.0. The molecule has 3 aliphatic heterocycles. The first-order chi connectivity index (χ1) is 15.7. The van der Waals surface area contributed by atoms with Crippen LogP contribution in [0.2, 0.25) is 0 Å². The van der Waals surface area contributed by atoms with Crippen LogP contribution in [0.4, 0.5) is 10.4 Å². The van der Waals surface area contributed by atoms with Gasteiger partial charge < -0.3 is 18.8 Å². The molecule has 4 aliphatic rings. The van der Waals surface area contributed by atoms with E-state index in [1.807, 2.05) is 0 Å². The van der Waals surface area contributed by atoms with Gasteiger partial charge in [-0.1, -0.05) is 0 Å². The molecule has 2 aromatic rings. The lowest BCUT2D eigenvalue weighted by Gasteiger charge is -2.46. The molecular formula is C24H30FN3O4. The SMILES string of the molecule is Fc1ccc(O[C@@H]2CCOC2)c(C2CCN(C3CC[C@]4(C3)CN(c3ncco3)O4)CC2)c1. The van der Waals surface area contributed by atoms with Crippen LogP contribution in [0.25, 0.3) is 0 Å². The molecule has 3 atom stereocenters. The van der Waals surface area contributed by atoms with Gasteiger partial charge in [-0.05, 0) is 69.3 Å². The average molecular weight is 444 g/mol. The molecule has 0 amide bonds. The van der Waals surface area contributed by atoms with Crippen molar-refractivity contribution in [2.45, 2.75) is 62.2 Å². The minimum absolute atomic E-state index is 0.0666. The maximum absolute atomic E-state index is 14.1. The predicted molar refractivity (Wildman–Crippen MR) is 115 cm³/mol. The Balaban J connectivity index is 1.05. The molecule has 1 aromatic carbocycles. The van der Waals surface area contributed by atoms with Crippen molar-refractivity contribution in [2.75, 3.05) is 37.9 Å². The molecule has 7 nitrogen and oxygen atoms in total. The molecule has 0 N–H and O–H groups in total. The Labute approximate surface area is 187 Å². The number of benzene rings is 1. The Morgan fingerprint density at radius 2 is 2.03 bits per heavy atom. The molecule has 4 heterocycles. The number of ether oxygens (including phenoxy) is 2. The number of nitrogens with zero attached hydrogens (tertiary/aromatic N) is 3. The number of anilines is 1. The molecule has 172 valence electrons. The van der Waals surface area contributed by atoms with E-state index in [2.05, 4.69) is 9.88 Å². The van der Waals surface area contributed by atoms with Gasteiger partial charge in [-0.3, -0.25) is 4.84 Å². The predicted octanol–water partition coefficient (Wildman–Crippen LogP) is 3.90. The summed E-state index contributed by atoms with van der Waals surface area (Å²) in [4.78, 5) is 12.9. The first kappa shape index (κ1) is 20.4. The van der Waals surface area contributed by atoms with Gasteiger partial charge in [0.1, 0.15) is 29.5 Å². The van der Waals surface area contributed by atoms with Crippen molar-refractivity contribution >= 4 is 6.01 Å². The zero-order valence-electron chi connectivity index (χ0n) is 18.2. The van der Waals surface area contributed by atoms with Gasteiger partial charge >= 0.3 is 6.01 Å². The summed E-state index contributed by atoms with van der Waals surface area (Å²) in [6.45, 7) is 4.25. The highest BCUT2D eigenvalue weighted by atomic mass is 19.1. The van der Waals surface area contributed by atoms with Crippen LogP contribution in [-0.4, -0.2) is 60.5 Å². The van der Waals surface area contributed by atoms with E-state index in [1.54, 1.807) is 29.7 Å². The third-order valence-electron chi connectivity index (χ3n) is 7.55. The highest BCUT2D eigenvalue weighted by molar-refractivity contribution is 5.37. The summed E-state index contributed by atoms with van der Waals surface area (Å²) in [6.07, 6.45) is 9.50. The molecule has 1 spiro atoms. The fourth-order valence-corrected chi connectivity index (χ4v) is 5.84. The van der Waals surface area contributed by atoms with Crippen molar-refractivity contribution in [1.82, 2.24) is 9.88 Å². The van der Waals surface area contributed by atoms with Gasteiger partial charge in [0.25, 0.3) is 0 Å². The summed E-state index contributed by atoms with van der Waals surface area (Å²) in [5.74, 6) is 0.970. The van der Waals surface area contributed by atoms with Crippen LogP contribution in [0, 0.1) is 5.82 Å². The summed E-state index contributed by atoms with van der Waals surface area (Å²) in [6, 6.07) is 6.06. The Hall–Kier alpha value is -2.16. The lowest BCUT2D eigenvalue weighted by Crippen LogP contribution is -2.59. The van der Waals surface area contributed by atoms with Crippen molar-refractivity contribution in [1.29, 1.82) is 0 Å². The largest absolute Gasteiger partial charge is 0.488 e. The summed E-state index contributed by atoms with van der Waals surface area (Å²) >= 11 is 0. The minimum atomic E-state index is -0.187. The zero-order chi connectivity index (χ0) is 21.5. The van der Waals surface area contributed by atoms with Crippen LogP contribution in [-0.2, 0) is 9.57 Å². The molecule has 1 saturated carbocycles. The van der Waals surface area contributed by atoms with E-state index < -0.39 is 0 Å². The maximum atomic E-state index is 14.1. The van der Waals surface area contributed by atoms with Crippen LogP contribution in [0.5, 0.6) is 5.75 Å². The number of halogens is 1. The molecule has 8 heteroatoms. The second kappa shape index (κ2) is 8.32. The highest BCUT2D eigenvalue weighted by Crippen LogP contribution is 2.45. The fraction of sp³-hybridized carbons (Fsp3) is 0.625. The Bertz CT molecular complexity index is 919. The van der Waals surface area contributed by atoms with Crippen molar-refractivity contribution < 1.29 is 23.1 Å². The maximum Gasteiger partial charge on any atom is 0.321 e. The molecule has 1 unspecified atom stereocenters. The highest BCUT2D eigenvalue weighted by Gasteiger charge is 2.53. The van der Waals surface area contributed by atoms with Gasteiger partial charge in [-0.2, -0.15) is 0 Å². The standard InChI is InChI=1S/C24H30FN3O4/c25-18-1-2-22(31-20-6-11-29-15-20)21(13-18)17-4-9-27(10-5-17)19-3-7-24(14-19)16-28(32-24)23-26-8-12-30-23/h1-2,8,12-13,17,19-20H,3-7,9-11,14-16H2/t19?,20-,24+/m1/s1. The van der Waals surface area contributed by atoms with Crippen LogP contribution in [0.1, 0.15) is 50.0 Å². The van der Waals surface area contributed by atoms with E-state index in [1.165, 1.54) is 6.07 Å². The van der Waals surface area contributed by atoms with Gasteiger partial charge in [0.2, 0.25) is 0 Å². The first-order valence-corrected chi connectivity index (χ1v) is 11.8. The Morgan fingerprint density at radius 3 is 2.78 bits per heavy atom. The number of rotatable bonds is 5. The van der Waals surface area contributed by atoms with Gasteiger partial charge in [0.15, 0.2) is 0 Å². The second-order valence-corrected chi connectivity index (χ2v) is 9.62. The molecule has 0 radical (unpaired) electrons. The molecule has 4 fully saturated rings. The molecule has 3 saturated heterocycles. The van der Waals surface area contributed by atoms with E-state index >= 15 is 0 Å². The minimum Gasteiger partial charge on any atom is -0.488 e. The first-order valence-electron chi connectivity index (χ1n) is 11.8. The number of aromatic nitrogens is 1. The third kappa shape index (κ3) is 3.89. The topological polar surface area (TPSA) is 60.2 Å². The second-order valence-electron chi connectivity index (χ2n) is 9.62. The number of hydroxylamine groups is 1. The van der Waals surface area contributed by atoms with Crippen molar-refractivity contribution in [2.24, 2.45) is 0 Å². The van der Waals surface area contributed by atoms with Crippen LogP contribution < -0.4 is 9.80 Å². The van der Waals surface area contributed by atoms with E-state index in [4.69, 9.17) is 18.7 Å². The molecule has 6 rings (SSSR count). The van der Waals surface area contributed by atoms with Crippen molar-refractivity contribution in [3.05, 3.63) is 42.0 Å². The summed E-state index contributed by atoms with van der Waals surface area (Å²) in [5, 5.41) is 1.76. The summed E-state index contributed by atoms with van der Waals surface area (Å²) in [7, 11) is 0. The number of likely N-dealkylation sites (tertiary alicyclic amines) is 1. The lowest BCUT2D eigenvalue weighted by molar-refractivity contribution is -0.151. The number of piperidine rings is 1. The third-order valence-corrected chi connectivity index (χ3v) is 7.55. The quantitative estimate of drug-likeness (QED) is 0.695. The normalized spacial score (nSPS) is 31.3. The van der Waals surface area contributed by atoms with Crippen LogP contribution in [0.3, 0.4) is 0 Å². The van der Waals surface area contributed by atoms with E-state index in [9.17, 15) is 4.39 Å². The zero-order valence-corrected chi connectivity index (χ0v) is 18.2. The molecular weight excluding hydrogens is 413 g/mol. The van der Waals surface area contributed by atoms with E-state index in [0.717, 1.165) is 76.1 Å².